The fraction of sp³-hybridized carbons (Fsp3) is 0.357. The van der Waals surface area contributed by atoms with Gasteiger partial charge in [0.25, 0.3) is 0 Å². The Kier molecular flexibility index (Phi) is 2.37. The Labute approximate surface area is 95.7 Å². The molecule has 0 spiro atoms. The fourth-order valence-corrected chi connectivity index (χ4v) is 2.57. The third-order valence-corrected chi connectivity index (χ3v) is 3.41. The van der Waals surface area contributed by atoms with Crippen LogP contribution in [0, 0.1) is 5.92 Å². The molecule has 2 aromatic rings. The van der Waals surface area contributed by atoms with Crippen LogP contribution < -0.4 is 5.32 Å². The zero-order valence-electron chi connectivity index (χ0n) is 9.48. The Morgan fingerprint density at radius 2 is 2.12 bits per heavy atom. The van der Waals surface area contributed by atoms with Crippen LogP contribution in [0.1, 0.15) is 24.9 Å². The number of aromatic nitrogens is 1. The maximum atomic E-state index is 4.40. The van der Waals surface area contributed by atoms with Crippen molar-refractivity contribution >= 4 is 10.9 Å². The van der Waals surface area contributed by atoms with E-state index in [0.29, 0.717) is 6.04 Å². The number of hydrogen-bond acceptors (Lipinski definition) is 2. The minimum atomic E-state index is 0.503. The van der Waals surface area contributed by atoms with Gasteiger partial charge in [-0.15, -0.1) is 0 Å². The topological polar surface area (TPSA) is 24.9 Å². The lowest BCUT2D eigenvalue weighted by Gasteiger charge is -2.13. The molecule has 1 aliphatic heterocycles. The highest BCUT2D eigenvalue weighted by Gasteiger charge is 2.23. The van der Waals surface area contributed by atoms with Crippen molar-refractivity contribution in [1.82, 2.24) is 10.3 Å². The smallest absolute Gasteiger partial charge is 0.0705 e. The van der Waals surface area contributed by atoms with Crippen LogP contribution in [0.5, 0.6) is 0 Å². The maximum absolute atomic E-state index is 4.40. The molecule has 1 saturated heterocycles. The predicted molar refractivity (Wildman–Crippen MR) is 66.3 cm³/mol. The van der Waals surface area contributed by atoms with Crippen LogP contribution in [0.3, 0.4) is 0 Å². The lowest BCUT2D eigenvalue weighted by atomic mass is 9.98. The maximum Gasteiger partial charge on any atom is 0.0705 e. The first-order chi connectivity index (χ1) is 7.84. The normalized spacial score (nSPS) is 25.1. The van der Waals surface area contributed by atoms with Gasteiger partial charge in [0.1, 0.15) is 0 Å². The summed E-state index contributed by atoms with van der Waals surface area (Å²) in [5.41, 5.74) is 2.50. The first kappa shape index (κ1) is 9.79. The van der Waals surface area contributed by atoms with Crippen molar-refractivity contribution in [2.75, 3.05) is 6.54 Å². The summed E-state index contributed by atoms with van der Waals surface area (Å²) in [5.74, 6) is 0.775. The third kappa shape index (κ3) is 1.59. The molecule has 0 unspecified atom stereocenters. The Morgan fingerprint density at radius 1 is 1.25 bits per heavy atom. The quantitative estimate of drug-likeness (QED) is 0.786. The number of pyridine rings is 1. The van der Waals surface area contributed by atoms with E-state index in [9.17, 15) is 0 Å². The number of nitrogens with one attached hydrogen (secondary N) is 1. The number of para-hydroxylation sites is 1. The van der Waals surface area contributed by atoms with Crippen molar-refractivity contribution in [3.05, 3.63) is 42.1 Å². The average molecular weight is 212 g/mol. The highest BCUT2D eigenvalue weighted by molar-refractivity contribution is 5.82. The molecule has 2 heterocycles. The Morgan fingerprint density at radius 3 is 2.94 bits per heavy atom. The second-order valence-electron chi connectivity index (χ2n) is 4.72. The molecule has 0 radical (unpaired) electrons. The van der Waals surface area contributed by atoms with Crippen LogP contribution in [-0.4, -0.2) is 11.5 Å². The van der Waals surface area contributed by atoms with Crippen molar-refractivity contribution in [1.29, 1.82) is 0 Å². The summed E-state index contributed by atoms with van der Waals surface area (Å²) in [6.07, 6.45) is 3.15. The van der Waals surface area contributed by atoms with E-state index >= 15 is 0 Å². The fourth-order valence-electron chi connectivity index (χ4n) is 2.57. The highest BCUT2D eigenvalue weighted by Crippen LogP contribution is 2.30. The van der Waals surface area contributed by atoms with Gasteiger partial charge >= 0.3 is 0 Å². The molecule has 3 rings (SSSR count). The van der Waals surface area contributed by atoms with Gasteiger partial charge in [-0.25, -0.2) is 0 Å². The minimum absolute atomic E-state index is 0.503. The Balaban J connectivity index is 2.09. The zero-order chi connectivity index (χ0) is 11.0. The van der Waals surface area contributed by atoms with Gasteiger partial charge in [-0.1, -0.05) is 25.1 Å². The van der Waals surface area contributed by atoms with Gasteiger partial charge in [-0.05, 0) is 36.6 Å². The van der Waals surface area contributed by atoms with E-state index in [2.05, 4.69) is 41.5 Å². The van der Waals surface area contributed by atoms with E-state index in [4.69, 9.17) is 0 Å². The molecule has 82 valence electrons. The molecular formula is C14H16N2. The van der Waals surface area contributed by atoms with Gasteiger partial charge < -0.3 is 5.32 Å². The number of rotatable bonds is 1. The van der Waals surface area contributed by atoms with Crippen LogP contribution in [0.15, 0.2) is 36.5 Å². The van der Waals surface area contributed by atoms with Gasteiger partial charge in [0, 0.05) is 17.6 Å². The van der Waals surface area contributed by atoms with Gasteiger partial charge in [0.2, 0.25) is 0 Å². The summed E-state index contributed by atoms with van der Waals surface area (Å²) in [4.78, 5) is 4.40. The van der Waals surface area contributed by atoms with Crippen LogP contribution in [0.4, 0.5) is 0 Å². The van der Waals surface area contributed by atoms with Crippen molar-refractivity contribution < 1.29 is 0 Å². The van der Waals surface area contributed by atoms with Gasteiger partial charge in [-0.3, -0.25) is 4.98 Å². The van der Waals surface area contributed by atoms with Crippen molar-refractivity contribution in [2.24, 2.45) is 5.92 Å². The highest BCUT2D eigenvalue weighted by atomic mass is 14.9. The number of hydrogen-bond donors (Lipinski definition) is 1. The molecule has 2 atom stereocenters. The molecule has 0 amide bonds. The van der Waals surface area contributed by atoms with Crippen molar-refractivity contribution in [2.45, 2.75) is 19.4 Å². The van der Waals surface area contributed by atoms with Crippen molar-refractivity contribution in [3.63, 3.8) is 0 Å². The summed E-state index contributed by atoms with van der Waals surface area (Å²) < 4.78 is 0. The van der Waals surface area contributed by atoms with Gasteiger partial charge in [-0.2, -0.15) is 0 Å². The van der Waals surface area contributed by atoms with Crippen molar-refractivity contribution in [3.8, 4) is 0 Å². The molecule has 1 aromatic carbocycles. The second kappa shape index (κ2) is 3.87. The zero-order valence-corrected chi connectivity index (χ0v) is 9.48. The number of fused-ring (bicyclic) bond motifs is 1. The average Bonchev–Trinajstić information content (AvgIpc) is 2.75. The molecule has 16 heavy (non-hydrogen) atoms. The van der Waals surface area contributed by atoms with Crippen LogP contribution >= 0.6 is 0 Å². The van der Waals surface area contributed by atoms with Gasteiger partial charge in [0.15, 0.2) is 0 Å². The van der Waals surface area contributed by atoms with Gasteiger partial charge in [0.05, 0.1) is 5.52 Å². The predicted octanol–water partition coefficient (Wildman–Crippen LogP) is 2.91. The first-order valence-corrected chi connectivity index (χ1v) is 5.91. The number of benzene rings is 1. The molecule has 0 bridgehead atoms. The Bertz CT molecular complexity index is 502. The van der Waals surface area contributed by atoms with E-state index in [1.165, 1.54) is 17.4 Å². The molecule has 1 fully saturated rings. The summed E-state index contributed by atoms with van der Waals surface area (Å²) in [5, 5.41) is 4.88. The lowest BCUT2D eigenvalue weighted by molar-refractivity contribution is 0.614. The summed E-state index contributed by atoms with van der Waals surface area (Å²) in [7, 11) is 0. The first-order valence-electron chi connectivity index (χ1n) is 5.91. The van der Waals surface area contributed by atoms with E-state index in [1.807, 2.05) is 12.3 Å². The van der Waals surface area contributed by atoms with E-state index in [-0.39, 0.29) is 0 Å². The summed E-state index contributed by atoms with van der Waals surface area (Å²) in [6.45, 7) is 3.43. The second-order valence-corrected chi connectivity index (χ2v) is 4.72. The SMILES string of the molecule is C[C@@H]1CN[C@H](c2ccnc3ccccc23)C1. The minimum Gasteiger partial charge on any atom is -0.310 e. The summed E-state index contributed by atoms with van der Waals surface area (Å²) in [6, 6.07) is 11.0. The van der Waals surface area contributed by atoms with Crippen LogP contribution in [-0.2, 0) is 0 Å². The van der Waals surface area contributed by atoms with Crippen LogP contribution in [0.2, 0.25) is 0 Å². The molecule has 0 aliphatic carbocycles. The molecule has 1 N–H and O–H groups in total. The van der Waals surface area contributed by atoms with E-state index < -0.39 is 0 Å². The molecule has 1 aliphatic rings. The third-order valence-electron chi connectivity index (χ3n) is 3.41. The van der Waals surface area contributed by atoms with Crippen LogP contribution in [0.25, 0.3) is 10.9 Å². The largest absolute Gasteiger partial charge is 0.310 e. The Hall–Kier alpha value is -1.41. The molecule has 1 aromatic heterocycles. The molecule has 2 heteroatoms. The molecule has 2 nitrogen and oxygen atoms in total. The molecular weight excluding hydrogens is 196 g/mol. The monoisotopic (exact) mass is 212 g/mol. The standard InChI is InChI=1S/C14H16N2/c1-10-8-14(16-9-10)12-6-7-15-13-5-3-2-4-11(12)13/h2-7,10,14,16H,8-9H2,1H3/t10-,14-/m0/s1. The summed E-state index contributed by atoms with van der Waals surface area (Å²) >= 11 is 0. The van der Waals surface area contributed by atoms with E-state index in [0.717, 1.165) is 18.0 Å². The lowest BCUT2D eigenvalue weighted by Crippen LogP contribution is -2.13. The van der Waals surface area contributed by atoms with E-state index in [1.54, 1.807) is 0 Å². The number of nitrogens with zero attached hydrogens (tertiary/aromatic N) is 1. The molecule has 0 saturated carbocycles.